The van der Waals surface area contributed by atoms with Gasteiger partial charge in [-0.15, -0.1) is 0 Å². The molecule has 5 aromatic rings. The van der Waals surface area contributed by atoms with E-state index in [9.17, 15) is 26.3 Å². The second-order valence-corrected chi connectivity index (χ2v) is 9.50. The van der Waals surface area contributed by atoms with Crippen molar-refractivity contribution in [3.05, 3.63) is 130 Å². The molecule has 0 unspecified atom stereocenters. The minimum absolute atomic E-state index is 0.111. The van der Waals surface area contributed by atoms with Gasteiger partial charge in [-0.2, -0.15) is 26.3 Å². The zero-order valence-corrected chi connectivity index (χ0v) is 21.4. The maximum atomic E-state index is 13.8. The van der Waals surface area contributed by atoms with Crippen LogP contribution in [0.25, 0.3) is 22.0 Å². The Bertz CT molecular complexity index is 1670. The van der Waals surface area contributed by atoms with Crippen molar-refractivity contribution in [2.24, 2.45) is 0 Å². The number of rotatable bonds is 6. The number of halogens is 7. The lowest BCUT2D eigenvalue weighted by atomic mass is 9.91. The third-order valence-electron chi connectivity index (χ3n) is 6.40. The molecule has 0 atom stereocenters. The second kappa shape index (κ2) is 10.8. The first kappa shape index (κ1) is 27.5. The summed E-state index contributed by atoms with van der Waals surface area (Å²) in [5.41, 5.74) is 1.46. The molecule has 40 heavy (non-hydrogen) atoms. The molecule has 1 aromatic heterocycles. The smallest absolute Gasteiger partial charge is 0.418 e. The van der Waals surface area contributed by atoms with E-state index in [-0.39, 0.29) is 17.9 Å². The first-order valence-corrected chi connectivity index (χ1v) is 12.5. The van der Waals surface area contributed by atoms with E-state index >= 15 is 0 Å². The number of nitrogens with zero attached hydrogens (tertiary/aromatic N) is 1. The van der Waals surface area contributed by atoms with Crippen molar-refractivity contribution in [3.8, 4) is 16.9 Å². The highest BCUT2D eigenvalue weighted by Gasteiger charge is 2.35. The van der Waals surface area contributed by atoms with Crippen LogP contribution in [0.2, 0.25) is 5.02 Å². The molecule has 9 heteroatoms. The largest absolute Gasteiger partial charge is 0.487 e. The highest BCUT2D eigenvalue weighted by Crippen LogP contribution is 2.41. The predicted molar refractivity (Wildman–Crippen MR) is 142 cm³/mol. The highest BCUT2D eigenvalue weighted by molar-refractivity contribution is 6.32. The van der Waals surface area contributed by atoms with Crippen molar-refractivity contribution >= 4 is 22.5 Å². The monoisotopic (exact) mass is 571 g/mol. The van der Waals surface area contributed by atoms with Crippen LogP contribution in [0.5, 0.6) is 5.75 Å². The van der Waals surface area contributed by atoms with Crippen molar-refractivity contribution in [3.63, 3.8) is 0 Å². The van der Waals surface area contributed by atoms with Crippen molar-refractivity contribution in [2.45, 2.75) is 25.4 Å². The van der Waals surface area contributed by atoms with Crippen LogP contribution in [0.3, 0.4) is 0 Å². The van der Waals surface area contributed by atoms with Crippen LogP contribution in [-0.4, -0.2) is 4.98 Å². The molecule has 1 heterocycles. The van der Waals surface area contributed by atoms with Gasteiger partial charge in [-0.25, -0.2) is 0 Å². The number of pyridine rings is 1. The van der Waals surface area contributed by atoms with Gasteiger partial charge in [0.25, 0.3) is 0 Å². The van der Waals surface area contributed by atoms with E-state index in [0.717, 1.165) is 23.3 Å². The number of ether oxygens (including phenoxy) is 1. The van der Waals surface area contributed by atoms with Gasteiger partial charge in [-0.3, -0.25) is 4.98 Å². The zero-order valence-electron chi connectivity index (χ0n) is 20.7. The molecule has 0 bridgehead atoms. The molecule has 204 valence electrons. The van der Waals surface area contributed by atoms with Crippen molar-refractivity contribution < 1.29 is 31.1 Å². The maximum Gasteiger partial charge on any atom is 0.418 e. The summed E-state index contributed by atoms with van der Waals surface area (Å²) in [5, 5.41) is -0.210. The number of aromatic nitrogens is 1. The van der Waals surface area contributed by atoms with Crippen molar-refractivity contribution in [2.75, 3.05) is 0 Å². The van der Waals surface area contributed by atoms with Crippen molar-refractivity contribution in [1.82, 2.24) is 4.98 Å². The molecule has 0 amide bonds. The summed E-state index contributed by atoms with van der Waals surface area (Å²) in [6.45, 7) is -0.111. The molecular formula is C31H20ClF6NO. The Balaban J connectivity index is 1.57. The van der Waals surface area contributed by atoms with Crippen LogP contribution >= 0.6 is 11.6 Å². The normalized spacial score (nSPS) is 12.1. The fourth-order valence-electron chi connectivity index (χ4n) is 4.60. The van der Waals surface area contributed by atoms with Gasteiger partial charge in [0.1, 0.15) is 12.4 Å². The Morgan fingerprint density at radius 1 is 0.700 bits per heavy atom. The lowest BCUT2D eigenvalue weighted by Gasteiger charge is -2.17. The van der Waals surface area contributed by atoms with Gasteiger partial charge in [-0.1, -0.05) is 78.3 Å². The van der Waals surface area contributed by atoms with E-state index in [0.29, 0.717) is 28.5 Å². The Morgan fingerprint density at radius 3 is 2.08 bits per heavy atom. The fourth-order valence-corrected chi connectivity index (χ4v) is 4.89. The third-order valence-corrected chi connectivity index (χ3v) is 6.79. The molecule has 0 aliphatic rings. The van der Waals surface area contributed by atoms with Crippen LogP contribution in [0.15, 0.2) is 97.2 Å². The van der Waals surface area contributed by atoms with E-state index in [2.05, 4.69) is 4.98 Å². The van der Waals surface area contributed by atoms with Gasteiger partial charge >= 0.3 is 12.4 Å². The summed E-state index contributed by atoms with van der Waals surface area (Å²) >= 11 is 5.96. The Labute approximate surface area is 230 Å². The highest BCUT2D eigenvalue weighted by atomic mass is 35.5. The Hall–Kier alpha value is -4.04. The van der Waals surface area contributed by atoms with E-state index in [4.69, 9.17) is 16.3 Å². The van der Waals surface area contributed by atoms with Crippen LogP contribution in [0.1, 0.15) is 27.8 Å². The quantitative estimate of drug-likeness (QED) is 0.189. The van der Waals surface area contributed by atoms with Gasteiger partial charge in [0.15, 0.2) is 0 Å². The first-order chi connectivity index (χ1) is 19.0. The standard InChI is InChI=1S/C31H20ClF6NO/c32-28-24(30(33,34)35)12-6-14-26(28)40-18-20-9-4-10-21(16-20)27-22(15-19-7-2-1-3-8-19)17-39-29-23(27)11-5-13-25(29)31(36,37)38/h1-14,16-17H,15,18H2. The van der Waals surface area contributed by atoms with Gasteiger partial charge in [0.05, 0.1) is 21.7 Å². The lowest BCUT2D eigenvalue weighted by Crippen LogP contribution is -2.08. The van der Waals surface area contributed by atoms with Gasteiger partial charge in [-0.05, 0) is 58.5 Å². The Morgan fingerprint density at radius 2 is 1.35 bits per heavy atom. The molecule has 0 saturated carbocycles. The van der Waals surface area contributed by atoms with Crippen LogP contribution < -0.4 is 4.74 Å². The van der Waals surface area contributed by atoms with Gasteiger partial charge in [0, 0.05) is 11.6 Å². The number of benzene rings is 4. The average molecular weight is 572 g/mol. The first-order valence-electron chi connectivity index (χ1n) is 12.1. The molecule has 2 nitrogen and oxygen atoms in total. The maximum absolute atomic E-state index is 13.8. The minimum atomic E-state index is -4.64. The number of hydrogen-bond donors (Lipinski definition) is 0. The Kier molecular flexibility index (Phi) is 7.47. The van der Waals surface area contributed by atoms with E-state index in [1.807, 2.05) is 30.3 Å². The van der Waals surface area contributed by atoms with Crippen LogP contribution in [0, 0.1) is 0 Å². The molecular weight excluding hydrogens is 552 g/mol. The lowest BCUT2D eigenvalue weighted by molar-refractivity contribution is -0.138. The van der Waals surface area contributed by atoms with Gasteiger partial charge in [0.2, 0.25) is 0 Å². The second-order valence-electron chi connectivity index (χ2n) is 9.12. The van der Waals surface area contributed by atoms with E-state index in [1.54, 1.807) is 30.3 Å². The summed E-state index contributed by atoms with van der Waals surface area (Å²) in [7, 11) is 0. The third kappa shape index (κ3) is 5.77. The fraction of sp³-hybridized carbons (Fsp3) is 0.129. The van der Waals surface area contributed by atoms with Crippen LogP contribution in [-0.2, 0) is 25.4 Å². The van der Waals surface area contributed by atoms with E-state index < -0.39 is 28.5 Å². The summed E-state index contributed by atoms with van der Waals surface area (Å²) in [4.78, 5) is 4.21. The molecule has 0 N–H and O–H groups in total. The van der Waals surface area contributed by atoms with Crippen molar-refractivity contribution in [1.29, 1.82) is 0 Å². The number of para-hydroxylation sites is 1. The molecule has 0 spiro atoms. The molecule has 0 fully saturated rings. The average Bonchev–Trinajstić information content (AvgIpc) is 2.91. The number of alkyl halides is 6. The summed E-state index contributed by atoms with van der Waals surface area (Å²) in [5.74, 6) is -0.129. The zero-order chi connectivity index (χ0) is 28.5. The number of fused-ring (bicyclic) bond motifs is 1. The molecule has 0 radical (unpaired) electrons. The molecule has 4 aromatic carbocycles. The van der Waals surface area contributed by atoms with Gasteiger partial charge < -0.3 is 4.74 Å². The summed E-state index contributed by atoms with van der Waals surface area (Å²) in [6, 6.07) is 23.8. The van der Waals surface area contributed by atoms with Crippen LogP contribution in [0.4, 0.5) is 26.3 Å². The minimum Gasteiger partial charge on any atom is -0.487 e. The summed E-state index contributed by atoms with van der Waals surface area (Å²) < 4.78 is 86.8. The predicted octanol–water partition coefficient (Wildman–Crippen LogP) is 9.76. The van der Waals surface area contributed by atoms with E-state index in [1.165, 1.54) is 24.4 Å². The molecule has 0 aliphatic carbocycles. The molecule has 0 saturated heterocycles. The molecule has 5 rings (SSSR count). The SMILES string of the molecule is FC(F)(F)c1cccc(OCc2cccc(-c3c(Cc4ccccc4)cnc4c(C(F)(F)F)cccc34)c2)c1Cl. The molecule has 0 aliphatic heterocycles. The topological polar surface area (TPSA) is 22.1 Å². The summed E-state index contributed by atoms with van der Waals surface area (Å²) in [6.07, 6.45) is -7.34. The number of hydrogen-bond acceptors (Lipinski definition) is 2.